The van der Waals surface area contributed by atoms with E-state index < -0.39 is 0 Å². The first-order valence-electron chi connectivity index (χ1n) is 8.61. The third-order valence-electron chi connectivity index (χ3n) is 4.80. The number of carbonyl (C=O) groups is 1. The summed E-state index contributed by atoms with van der Waals surface area (Å²) < 4.78 is 0. The lowest BCUT2D eigenvalue weighted by Gasteiger charge is -2.24. The molecule has 0 unspecified atom stereocenters. The molecule has 0 heterocycles. The molecule has 2 rings (SSSR count). The maximum Gasteiger partial charge on any atom is 0.238 e. The Morgan fingerprint density at radius 2 is 1.82 bits per heavy atom. The smallest absolute Gasteiger partial charge is 0.238 e. The minimum atomic E-state index is 0.0866. The molecule has 1 aliphatic carbocycles. The fourth-order valence-corrected chi connectivity index (χ4v) is 3.39. The molecular formula is C19H30N2O. The van der Waals surface area contributed by atoms with Crippen molar-refractivity contribution in [1.82, 2.24) is 4.90 Å². The van der Waals surface area contributed by atoms with E-state index in [2.05, 4.69) is 10.2 Å². The molecule has 1 N–H and O–H groups in total. The number of benzene rings is 1. The summed E-state index contributed by atoms with van der Waals surface area (Å²) in [7, 11) is 2.05. The Hall–Kier alpha value is -1.35. The highest BCUT2D eigenvalue weighted by Gasteiger charge is 2.15. The van der Waals surface area contributed by atoms with Gasteiger partial charge in [0.1, 0.15) is 0 Å². The van der Waals surface area contributed by atoms with Crippen molar-refractivity contribution in [3.8, 4) is 0 Å². The van der Waals surface area contributed by atoms with E-state index in [1.807, 2.05) is 39.1 Å². The molecule has 3 nitrogen and oxygen atoms in total. The van der Waals surface area contributed by atoms with Gasteiger partial charge in [0.25, 0.3) is 0 Å². The Balaban J connectivity index is 1.76. The second-order valence-corrected chi connectivity index (χ2v) is 6.85. The number of carbonyl (C=O) groups excluding carboxylic acids is 1. The summed E-state index contributed by atoms with van der Waals surface area (Å²) in [6, 6.07) is 6.10. The average Bonchev–Trinajstić information content (AvgIpc) is 2.50. The van der Waals surface area contributed by atoms with Crippen LogP contribution in [0.15, 0.2) is 18.2 Å². The van der Waals surface area contributed by atoms with Crippen LogP contribution in [0.2, 0.25) is 0 Å². The van der Waals surface area contributed by atoms with Crippen LogP contribution in [0.5, 0.6) is 0 Å². The molecule has 0 aliphatic heterocycles. The Kier molecular flexibility index (Phi) is 6.44. The molecule has 0 saturated heterocycles. The SMILES string of the molecule is Cc1cccc(C)c1NC(=O)CN(C)CCC1CCCCC1. The van der Waals surface area contributed by atoms with Crippen molar-refractivity contribution in [2.45, 2.75) is 52.4 Å². The number of amides is 1. The van der Waals surface area contributed by atoms with Crippen molar-refractivity contribution in [1.29, 1.82) is 0 Å². The second-order valence-electron chi connectivity index (χ2n) is 6.85. The Bertz CT molecular complexity index is 472. The van der Waals surface area contributed by atoms with Gasteiger partial charge in [0.15, 0.2) is 0 Å². The van der Waals surface area contributed by atoms with Crippen LogP contribution in [0.3, 0.4) is 0 Å². The van der Waals surface area contributed by atoms with Gasteiger partial charge >= 0.3 is 0 Å². The van der Waals surface area contributed by atoms with E-state index in [4.69, 9.17) is 0 Å². The average molecular weight is 302 g/mol. The Morgan fingerprint density at radius 1 is 1.18 bits per heavy atom. The van der Waals surface area contributed by atoms with Gasteiger partial charge < -0.3 is 5.32 Å². The van der Waals surface area contributed by atoms with E-state index in [0.29, 0.717) is 6.54 Å². The van der Waals surface area contributed by atoms with Gasteiger partial charge in [-0.15, -0.1) is 0 Å². The van der Waals surface area contributed by atoms with E-state index in [0.717, 1.165) is 29.3 Å². The van der Waals surface area contributed by atoms with Crippen LogP contribution in [0.25, 0.3) is 0 Å². The third-order valence-corrected chi connectivity index (χ3v) is 4.80. The van der Waals surface area contributed by atoms with Crippen LogP contribution in [-0.2, 0) is 4.79 Å². The summed E-state index contributed by atoms with van der Waals surface area (Å²) in [6.45, 7) is 5.57. The summed E-state index contributed by atoms with van der Waals surface area (Å²) >= 11 is 0. The summed E-state index contributed by atoms with van der Waals surface area (Å²) in [5, 5.41) is 3.07. The lowest BCUT2D eigenvalue weighted by Crippen LogP contribution is -2.32. The highest BCUT2D eigenvalue weighted by Crippen LogP contribution is 2.26. The standard InChI is InChI=1S/C19H30N2O/c1-15-8-7-9-16(2)19(15)20-18(22)14-21(3)13-12-17-10-5-4-6-11-17/h7-9,17H,4-6,10-14H2,1-3H3,(H,20,22). The van der Waals surface area contributed by atoms with Crippen LogP contribution in [-0.4, -0.2) is 30.9 Å². The lowest BCUT2D eigenvalue weighted by molar-refractivity contribution is -0.117. The van der Waals surface area contributed by atoms with Gasteiger partial charge in [0.2, 0.25) is 5.91 Å². The molecule has 1 amide bonds. The van der Waals surface area contributed by atoms with Crippen molar-refractivity contribution >= 4 is 11.6 Å². The van der Waals surface area contributed by atoms with Crippen LogP contribution >= 0.6 is 0 Å². The fraction of sp³-hybridized carbons (Fsp3) is 0.632. The van der Waals surface area contributed by atoms with Crippen LogP contribution < -0.4 is 5.32 Å². The zero-order valence-corrected chi connectivity index (χ0v) is 14.3. The van der Waals surface area contributed by atoms with Crippen LogP contribution in [0, 0.1) is 19.8 Å². The molecule has 1 fully saturated rings. The van der Waals surface area contributed by atoms with Crippen LogP contribution in [0.4, 0.5) is 5.69 Å². The molecule has 1 aliphatic rings. The number of rotatable bonds is 6. The van der Waals surface area contributed by atoms with Gasteiger partial charge in [0, 0.05) is 5.69 Å². The van der Waals surface area contributed by atoms with E-state index in [1.54, 1.807) is 0 Å². The molecule has 1 aromatic rings. The number of hydrogen-bond donors (Lipinski definition) is 1. The first-order valence-corrected chi connectivity index (χ1v) is 8.61. The van der Waals surface area contributed by atoms with Crippen LogP contribution in [0.1, 0.15) is 49.7 Å². The van der Waals surface area contributed by atoms with Crippen molar-refractivity contribution < 1.29 is 4.79 Å². The monoisotopic (exact) mass is 302 g/mol. The summed E-state index contributed by atoms with van der Waals surface area (Å²) in [4.78, 5) is 14.4. The molecule has 0 bridgehead atoms. The van der Waals surface area contributed by atoms with Gasteiger partial charge in [-0.25, -0.2) is 0 Å². The summed E-state index contributed by atoms with van der Waals surface area (Å²) in [5.74, 6) is 0.960. The second kappa shape index (κ2) is 8.33. The zero-order chi connectivity index (χ0) is 15.9. The fourth-order valence-electron chi connectivity index (χ4n) is 3.39. The van der Waals surface area contributed by atoms with E-state index in [1.165, 1.54) is 38.5 Å². The van der Waals surface area contributed by atoms with E-state index in [-0.39, 0.29) is 5.91 Å². The number of nitrogens with zero attached hydrogens (tertiary/aromatic N) is 1. The quantitative estimate of drug-likeness (QED) is 0.856. The van der Waals surface area contributed by atoms with Crippen molar-refractivity contribution in [2.75, 3.05) is 25.5 Å². The van der Waals surface area contributed by atoms with E-state index >= 15 is 0 Å². The number of hydrogen-bond acceptors (Lipinski definition) is 2. The molecule has 3 heteroatoms. The van der Waals surface area contributed by atoms with Gasteiger partial charge in [0.05, 0.1) is 6.54 Å². The van der Waals surface area contributed by atoms with Gasteiger partial charge in [-0.2, -0.15) is 0 Å². The first-order chi connectivity index (χ1) is 10.6. The molecule has 1 aromatic carbocycles. The minimum Gasteiger partial charge on any atom is -0.324 e. The maximum absolute atomic E-state index is 12.2. The van der Waals surface area contributed by atoms with Crippen molar-refractivity contribution in [3.63, 3.8) is 0 Å². The Labute approximate surface area is 135 Å². The predicted molar refractivity (Wildman–Crippen MR) is 93.2 cm³/mol. The summed E-state index contributed by atoms with van der Waals surface area (Å²) in [6.07, 6.45) is 8.17. The molecule has 122 valence electrons. The highest BCUT2D eigenvalue weighted by atomic mass is 16.2. The zero-order valence-electron chi connectivity index (χ0n) is 14.3. The number of nitrogens with one attached hydrogen (secondary N) is 1. The molecule has 1 saturated carbocycles. The summed E-state index contributed by atoms with van der Waals surface area (Å²) in [5.41, 5.74) is 3.21. The Morgan fingerprint density at radius 3 is 2.45 bits per heavy atom. The highest BCUT2D eigenvalue weighted by molar-refractivity contribution is 5.93. The minimum absolute atomic E-state index is 0.0866. The topological polar surface area (TPSA) is 32.3 Å². The molecular weight excluding hydrogens is 272 g/mol. The number of likely N-dealkylation sites (N-methyl/N-ethyl adjacent to an activating group) is 1. The van der Waals surface area contributed by atoms with E-state index in [9.17, 15) is 4.79 Å². The lowest BCUT2D eigenvalue weighted by atomic mass is 9.87. The molecule has 0 atom stereocenters. The predicted octanol–water partition coefficient (Wildman–Crippen LogP) is 4.14. The molecule has 0 spiro atoms. The normalized spacial score (nSPS) is 16.0. The van der Waals surface area contributed by atoms with Crippen molar-refractivity contribution in [3.05, 3.63) is 29.3 Å². The first kappa shape index (κ1) is 17.0. The largest absolute Gasteiger partial charge is 0.324 e. The number of anilines is 1. The number of aryl methyl sites for hydroxylation is 2. The molecule has 0 aromatic heterocycles. The maximum atomic E-state index is 12.2. The third kappa shape index (κ3) is 5.13. The van der Waals surface area contributed by atoms with Gasteiger partial charge in [-0.3, -0.25) is 9.69 Å². The van der Waals surface area contributed by atoms with Gasteiger partial charge in [-0.05, 0) is 50.9 Å². The van der Waals surface area contributed by atoms with Gasteiger partial charge in [-0.1, -0.05) is 50.3 Å². The molecule has 0 radical (unpaired) electrons. The number of para-hydroxylation sites is 1. The molecule has 22 heavy (non-hydrogen) atoms. The van der Waals surface area contributed by atoms with Crippen molar-refractivity contribution in [2.24, 2.45) is 5.92 Å².